The van der Waals surface area contributed by atoms with Gasteiger partial charge in [0, 0.05) is 15.8 Å². The minimum absolute atomic E-state index is 0.0208. The number of hydrogen-bond acceptors (Lipinski definition) is 4. The average molecular weight is 459 g/mol. The van der Waals surface area contributed by atoms with E-state index in [4.69, 9.17) is 0 Å². The summed E-state index contributed by atoms with van der Waals surface area (Å²) < 4.78 is 5.68. The van der Waals surface area contributed by atoms with Crippen LogP contribution in [0.25, 0.3) is 0 Å². The third kappa shape index (κ3) is 5.38. The zero-order valence-electron chi connectivity index (χ0n) is 16.8. The van der Waals surface area contributed by atoms with Crippen molar-refractivity contribution in [3.63, 3.8) is 0 Å². The molecule has 5 nitrogen and oxygen atoms in total. The standard InChI is InChI=1S/C23H27BrN2O3/c1-15-19(25-14-21(27)29-2)8-5-9-20(15)26-23(28)22(16-6-3-4-7-16)17-10-12-18(24)13-11-17/h5,8-13,16,22,25H,3-4,6-7,14H2,1-2H3,(H,26,28). The first-order valence-electron chi connectivity index (χ1n) is 9.96. The third-order valence-electron chi connectivity index (χ3n) is 5.63. The molecule has 1 aliphatic carbocycles. The van der Waals surface area contributed by atoms with Gasteiger partial charge < -0.3 is 15.4 Å². The summed E-state index contributed by atoms with van der Waals surface area (Å²) in [4.78, 5) is 24.8. The second-order valence-corrected chi connectivity index (χ2v) is 8.39. The first-order valence-corrected chi connectivity index (χ1v) is 10.8. The number of hydrogen-bond donors (Lipinski definition) is 2. The van der Waals surface area contributed by atoms with Crippen molar-refractivity contribution < 1.29 is 14.3 Å². The molecular weight excluding hydrogens is 432 g/mol. The maximum absolute atomic E-state index is 13.3. The monoisotopic (exact) mass is 458 g/mol. The molecule has 2 aromatic carbocycles. The number of halogens is 1. The summed E-state index contributed by atoms with van der Waals surface area (Å²) in [5, 5.41) is 6.20. The summed E-state index contributed by atoms with van der Waals surface area (Å²) in [6.07, 6.45) is 4.51. The van der Waals surface area contributed by atoms with Crippen molar-refractivity contribution in [1.29, 1.82) is 0 Å². The Morgan fingerprint density at radius 2 is 1.76 bits per heavy atom. The Kier molecular flexibility index (Phi) is 7.31. The number of nitrogens with one attached hydrogen (secondary N) is 2. The van der Waals surface area contributed by atoms with E-state index in [9.17, 15) is 9.59 Å². The fourth-order valence-corrected chi connectivity index (χ4v) is 4.28. The Morgan fingerprint density at radius 1 is 1.10 bits per heavy atom. The number of amides is 1. The summed E-state index contributed by atoms with van der Waals surface area (Å²) in [6, 6.07) is 13.7. The van der Waals surface area contributed by atoms with Crippen LogP contribution in [0.15, 0.2) is 46.9 Å². The zero-order valence-corrected chi connectivity index (χ0v) is 18.4. The SMILES string of the molecule is COC(=O)CNc1cccc(NC(=O)C(c2ccc(Br)cc2)C2CCCC2)c1C. The summed E-state index contributed by atoms with van der Waals surface area (Å²) in [5.74, 6) is -0.128. The first-order chi connectivity index (χ1) is 14.0. The molecule has 0 bridgehead atoms. The van der Waals surface area contributed by atoms with Gasteiger partial charge in [0.25, 0.3) is 0 Å². The Morgan fingerprint density at radius 3 is 2.41 bits per heavy atom. The Balaban J connectivity index is 1.80. The average Bonchev–Trinajstić information content (AvgIpc) is 3.24. The third-order valence-corrected chi connectivity index (χ3v) is 6.15. The van der Waals surface area contributed by atoms with Gasteiger partial charge in [-0.15, -0.1) is 0 Å². The summed E-state index contributed by atoms with van der Waals surface area (Å²) >= 11 is 3.48. The van der Waals surface area contributed by atoms with Crippen LogP contribution in [0.4, 0.5) is 11.4 Å². The first kappa shape index (κ1) is 21.4. The Bertz CT molecular complexity index is 861. The van der Waals surface area contributed by atoms with Crippen LogP contribution in [0, 0.1) is 12.8 Å². The van der Waals surface area contributed by atoms with E-state index >= 15 is 0 Å². The molecule has 1 fully saturated rings. The van der Waals surface area contributed by atoms with Crippen LogP contribution in [-0.4, -0.2) is 25.5 Å². The highest BCUT2D eigenvalue weighted by atomic mass is 79.9. The molecule has 2 aromatic rings. The lowest BCUT2D eigenvalue weighted by Crippen LogP contribution is -2.27. The lowest BCUT2D eigenvalue weighted by atomic mass is 9.84. The van der Waals surface area contributed by atoms with Crippen LogP contribution in [0.5, 0.6) is 0 Å². The van der Waals surface area contributed by atoms with E-state index < -0.39 is 0 Å². The maximum atomic E-state index is 13.3. The molecule has 0 aliphatic heterocycles. The van der Waals surface area contributed by atoms with Crippen LogP contribution >= 0.6 is 15.9 Å². The number of rotatable bonds is 7. The Hall–Kier alpha value is -2.34. The highest BCUT2D eigenvalue weighted by Gasteiger charge is 2.32. The second kappa shape index (κ2) is 9.92. The quantitative estimate of drug-likeness (QED) is 0.555. The van der Waals surface area contributed by atoms with Gasteiger partial charge in [0.05, 0.1) is 13.0 Å². The molecule has 6 heteroatoms. The number of anilines is 2. The largest absolute Gasteiger partial charge is 0.468 e. The lowest BCUT2D eigenvalue weighted by molar-refractivity contribution is -0.138. The number of methoxy groups -OCH3 is 1. The van der Waals surface area contributed by atoms with Crippen molar-refractivity contribution in [2.75, 3.05) is 24.3 Å². The molecule has 1 aliphatic rings. The number of ether oxygens (including phenoxy) is 1. The van der Waals surface area contributed by atoms with Gasteiger partial charge in [-0.25, -0.2) is 0 Å². The number of carbonyl (C=O) groups is 2. The minimum atomic E-state index is -0.338. The van der Waals surface area contributed by atoms with Crippen molar-refractivity contribution in [2.45, 2.75) is 38.5 Å². The second-order valence-electron chi connectivity index (χ2n) is 7.47. The van der Waals surface area contributed by atoms with Crippen molar-refractivity contribution in [3.05, 3.63) is 58.1 Å². The molecule has 29 heavy (non-hydrogen) atoms. The number of benzene rings is 2. The molecule has 1 atom stereocenters. The van der Waals surface area contributed by atoms with E-state index in [1.165, 1.54) is 20.0 Å². The van der Waals surface area contributed by atoms with Crippen LogP contribution in [0.1, 0.15) is 42.7 Å². The van der Waals surface area contributed by atoms with Crippen LogP contribution in [0.3, 0.4) is 0 Å². The van der Waals surface area contributed by atoms with Gasteiger partial charge in [-0.05, 0) is 61.1 Å². The molecule has 0 radical (unpaired) electrons. The predicted octanol–water partition coefficient (Wildman–Crippen LogP) is 5.25. The molecule has 0 aromatic heterocycles. The van der Waals surface area contributed by atoms with Gasteiger partial charge in [0.1, 0.15) is 6.54 Å². The van der Waals surface area contributed by atoms with Gasteiger partial charge in [-0.3, -0.25) is 9.59 Å². The molecule has 1 saturated carbocycles. The van der Waals surface area contributed by atoms with E-state index in [2.05, 4.69) is 31.3 Å². The highest BCUT2D eigenvalue weighted by Crippen LogP contribution is 2.38. The highest BCUT2D eigenvalue weighted by molar-refractivity contribution is 9.10. The molecule has 0 heterocycles. The molecule has 154 valence electrons. The fraction of sp³-hybridized carbons (Fsp3) is 0.391. The maximum Gasteiger partial charge on any atom is 0.325 e. The van der Waals surface area contributed by atoms with E-state index in [0.29, 0.717) is 5.92 Å². The van der Waals surface area contributed by atoms with Crippen LogP contribution in [0.2, 0.25) is 0 Å². The fourth-order valence-electron chi connectivity index (χ4n) is 4.01. The van der Waals surface area contributed by atoms with Gasteiger partial charge in [0.2, 0.25) is 5.91 Å². The smallest absolute Gasteiger partial charge is 0.325 e. The van der Waals surface area contributed by atoms with Crippen molar-refractivity contribution in [1.82, 2.24) is 0 Å². The molecule has 0 saturated heterocycles. The van der Waals surface area contributed by atoms with E-state index in [1.54, 1.807) is 0 Å². The predicted molar refractivity (Wildman–Crippen MR) is 119 cm³/mol. The topological polar surface area (TPSA) is 67.4 Å². The summed E-state index contributed by atoms with van der Waals surface area (Å²) in [7, 11) is 1.36. The number of esters is 1. The van der Waals surface area contributed by atoms with E-state index in [1.807, 2.05) is 49.4 Å². The minimum Gasteiger partial charge on any atom is -0.468 e. The number of carbonyl (C=O) groups excluding carboxylic acids is 2. The Labute approximate surface area is 180 Å². The van der Waals surface area contributed by atoms with Gasteiger partial charge in [0.15, 0.2) is 0 Å². The summed E-state index contributed by atoms with van der Waals surface area (Å²) in [5.41, 5.74) is 3.50. The van der Waals surface area contributed by atoms with Crippen molar-refractivity contribution >= 4 is 39.2 Å². The van der Waals surface area contributed by atoms with Crippen LogP contribution in [-0.2, 0) is 14.3 Å². The van der Waals surface area contributed by atoms with Gasteiger partial charge in [-0.2, -0.15) is 0 Å². The molecule has 1 amide bonds. The zero-order chi connectivity index (χ0) is 20.8. The normalized spacial score (nSPS) is 15.0. The van der Waals surface area contributed by atoms with E-state index in [0.717, 1.165) is 39.8 Å². The molecule has 1 unspecified atom stereocenters. The van der Waals surface area contributed by atoms with E-state index in [-0.39, 0.29) is 24.3 Å². The summed E-state index contributed by atoms with van der Waals surface area (Å²) in [6.45, 7) is 2.01. The van der Waals surface area contributed by atoms with Gasteiger partial charge >= 0.3 is 5.97 Å². The van der Waals surface area contributed by atoms with Crippen LogP contribution < -0.4 is 10.6 Å². The molecule has 2 N–H and O–H groups in total. The molecule has 0 spiro atoms. The lowest BCUT2D eigenvalue weighted by Gasteiger charge is -2.24. The molecule has 3 rings (SSSR count). The van der Waals surface area contributed by atoms with Gasteiger partial charge in [-0.1, -0.05) is 47.0 Å². The van der Waals surface area contributed by atoms with Crippen molar-refractivity contribution in [2.24, 2.45) is 5.92 Å². The van der Waals surface area contributed by atoms with Crippen molar-refractivity contribution in [3.8, 4) is 0 Å². The molecular formula is C23H27BrN2O3.